The Labute approximate surface area is 144 Å². The van der Waals surface area contributed by atoms with Gasteiger partial charge in [0, 0.05) is 38.1 Å². The van der Waals surface area contributed by atoms with Crippen molar-refractivity contribution < 1.29 is 0 Å². The maximum absolute atomic E-state index is 4.86. The van der Waals surface area contributed by atoms with Gasteiger partial charge in [-0.1, -0.05) is 26.7 Å². The number of hydrogen-bond acceptors (Lipinski definition) is 3. The first-order valence-electron chi connectivity index (χ1n) is 9.27. The van der Waals surface area contributed by atoms with Gasteiger partial charge in [-0.25, -0.2) is 4.98 Å². The van der Waals surface area contributed by atoms with Gasteiger partial charge in [0.05, 0.1) is 5.69 Å². The van der Waals surface area contributed by atoms with Crippen molar-refractivity contribution in [2.24, 2.45) is 12.5 Å². The predicted octanol–water partition coefficient (Wildman–Crippen LogP) is 4.38. The zero-order valence-electron chi connectivity index (χ0n) is 15.1. The fraction of sp³-hybridized carbons (Fsp3) is 0.600. The maximum atomic E-state index is 4.86. The first-order chi connectivity index (χ1) is 11.5. The van der Waals surface area contributed by atoms with Crippen LogP contribution in [0.4, 0.5) is 5.82 Å². The van der Waals surface area contributed by atoms with E-state index < -0.39 is 0 Å². The number of nitrogens with zero attached hydrogens (tertiary/aromatic N) is 4. The minimum Gasteiger partial charge on any atom is -0.356 e. The van der Waals surface area contributed by atoms with E-state index >= 15 is 0 Å². The molecule has 0 amide bonds. The van der Waals surface area contributed by atoms with Crippen LogP contribution in [0, 0.1) is 5.41 Å². The summed E-state index contributed by atoms with van der Waals surface area (Å²) in [6.07, 6.45) is 10.7. The van der Waals surface area contributed by atoms with Crippen molar-refractivity contribution in [2.45, 2.75) is 51.9 Å². The van der Waals surface area contributed by atoms with E-state index in [1.54, 1.807) is 0 Å². The van der Waals surface area contributed by atoms with Gasteiger partial charge in [-0.2, -0.15) is 5.10 Å². The topological polar surface area (TPSA) is 34.0 Å². The first kappa shape index (κ1) is 15.7. The Kier molecular flexibility index (Phi) is 3.86. The molecule has 1 aliphatic heterocycles. The number of aryl methyl sites for hydroxylation is 1. The molecule has 1 saturated heterocycles. The summed E-state index contributed by atoms with van der Waals surface area (Å²) in [4.78, 5) is 7.29. The molecule has 2 fully saturated rings. The Morgan fingerprint density at radius 3 is 2.62 bits per heavy atom. The van der Waals surface area contributed by atoms with Gasteiger partial charge in [0.25, 0.3) is 0 Å². The Morgan fingerprint density at radius 1 is 1.21 bits per heavy atom. The van der Waals surface area contributed by atoms with Crippen molar-refractivity contribution >= 4 is 5.82 Å². The lowest BCUT2D eigenvalue weighted by Gasteiger charge is -2.22. The molecule has 24 heavy (non-hydrogen) atoms. The van der Waals surface area contributed by atoms with E-state index in [1.807, 2.05) is 17.9 Å². The van der Waals surface area contributed by atoms with Crippen LogP contribution in [0.15, 0.2) is 24.5 Å². The highest BCUT2D eigenvalue weighted by Gasteiger charge is 2.31. The van der Waals surface area contributed by atoms with Gasteiger partial charge >= 0.3 is 0 Å². The third-order valence-corrected chi connectivity index (χ3v) is 5.71. The second kappa shape index (κ2) is 5.91. The van der Waals surface area contributed by atoms with Crippen molar-refractivity contribution in [1.29, 1.82) is 0 Å². The van der Waals surface area contributed by atoms with E-state index in [9.17, 15) is 0 Å². The number of pyridine rings is 1. The second-order valence-electron chi connectivity index (χ2n) is 8.32. The molecule has 3 heterocycles. The fourth-order valence-electron chi connectivity index (χ4n) is 4.28. The smallest absolute Gasteiger partial charge is 0.129 e. The summed E-state index contributed by atoms with van der Waals surface area (Å²) in [6, 6.07) is 4.42. The van der Waals surface area contributed by atoms with E-state index in [0.717, 1.165) is 24.6 Å². The summed E-state index contributed by atoms with van der Waals surface area (Å²) < 4.78 is 1.90. The molecule has 4 nitrogen and oxygen atoms in total. The molecule has 1 saturated carbocycles. The van der Waals surface area contributed by atoms with Crippen molar-refractivity contribution in [1.82, 2.24) is 14.8 Å². The normalized spacial score (nSPS) is 20.9. The molecule has 2 aromatic rings. The summed E-state index contributed by atoms with van der Waals surface area (Å²) in [5, 5.41) is 4.68. The highest BCUT2D eigenvalue weighted by atomic mass is 15.2. The molecule has 2 aromatic heterocycles. The van der Waals surface area contributed by atoms with E-state index in [2.05, 4.69) is 42.2 Å². The van der Waals surface area contributed by atoms with Crippen LogP contribution in [0.1, 0.15) is 57.4 Å². The van der Waals surface area contributed by atoms with E-state index in [4.69, 9.17) is 4.98 Å². The van der Waals surface area contributed by atoms with E-state index in [1.165, 1.54) is 43.2 Å². The summed E-state index contributed by atoms with van der Waals surface area (Å²) in [7, 11) is 1.99. The maximum Gasteiger partial charge on any atom is 0.129 e. The van der Waals surface area contributed by atoms with Gasteiger partial charge in [0.15, 0.2) is 0 Å². The quantitative estimate of drug-likeness (QED) is 0.840. The molecule has 0 aromatic carbocycles. The standard InChI is InChI=1S/C20H28N4/c1-20(2)9-11-24(14-20)19-12-16(18-8-10-23(3)22-18)17(13-21-19)15-6-4-5-7-15/h8,10,12-13,15H,4-7,9,11,14H2,1-3H3. The van der Waals surface area contributed by atoms with Crippen LogP contribution in [-0.4, -0.2) is 27.9 Å². The van der Waals surface area contributed by atoms with Crippen LogP contribution >= 0.6 is 0 Å². The molecule has 4 rings (SSSR count). The van der Waals surface area contributed by atoms with E-state index in [-0.39, 0.29) is 0 Å². The van der Waals surface area contributed by atoms with Crippen LogP contribution in [0.3, 0.4) is 0 Å². The third kappa shape index (κ3) is 2.94. The fourth-order valence-corrected chi connectivity index (χ4v) is 4.28. The Morgan fingerprint density at radius 2 is 2.00 bits per heavy atom. The van der Waals surface area contributed by atoms with Crippen LogP contribution < -0.4 is 4.90 Å². The van der Waals surface area contributed by atoms with Crippen molar-refractivity contribution in [3.63, 3.8) is 0 Å². The number of anilines is 1. The third-order valence-electron chi connectivity index (χ3n) is 5.71. The lowest BCUT2D eigenvalue weighted by atomic mass is 9.93. The minimum absolute atomic E-state index is 0.386. The zero-order valence-corrected chi connectivity index (χ0v) is 15.1. The highest BCUT2D eigenvalue weighted by molar-refractivity contribution is 5.68. The van der Waals surface area contributed by atoms with Gasteiger partial charge in [-0.15, -0.1) is 0 Å². The average Bonchev–Trinajstić information content (AvgIpc) is 3.27. The summed E-state index contributed by atoms with van der Waals surface area (Å²) >= 11 is 0. The van der Waals surface area contributed by atoms with Crippen molar-refractivity contribution in [3.05, 3.63) is 30.1 Å². The Bertz CT molecular complexity index is 725. The molecular formula is C20H28N4. The molecular weight excluding hydrogens is 296 g/mol. The first-order valence-corrected chi connectivity index (χ1v) is 9.27. The average molecular weight is 324 g/mol. The molecule has 0 unspecified atom stereocenters. The lowest BCUT2D eigenvalue weighted by Crippen LogP contribution is -2.23. The summed E-state index contributed by atoms with van der Waals surface area (Å²) in [5.74, 6) is 1.77. The monoisotopic (exact) mass is 324 g/mol. The van der Waals surface area contributed by atoms with Gasteiger partial charge < -0.3 is 4.90 Å². The molecule has 0 radical (unpaired) electrons. The van der Waals surface area contributed by atoms with E-state index in [0.29, 0.717) is 11.3 Å². The molecule has 1 aliphatic carbocycles. The van der Waals surface area contributed by atoms with Gasteiger partial charge in [-0.3, -0.25) is 4.68 Å². The Hall–Kier alpha value is -1.84. The molecule has 4 heteroatoms. The molecule has 0 atom stereocenters. The molecule has 2 aliphatic rings. The van der Waals surface area contributed by atoms with Gasteiger partial charge in [-0.05, 0) is 48.3 Å². The summed E-state index contributed by atoms with van der Waals surface area (Å²) in [5.41, 5.74) is 4.16. The van der Waals surface area contributed by atoms with Crippen LogP contribution in [0.25, 0.3) is 11.3 Å². The second-order valence-corrected chi connectivity index (χ2v) is 8.32. The largest absolute Gasteiger partial charge is 0.356 e. The number of rotatable bonds is 3. The summed E-state index contributed by atoms with van der Waals surface area (Å²) in [6.45, 7) is 6.88. The SMILES string of the molecule is Cn1ccc(-c2cc(N3CCC(C)(C)C3)ncc2C2CCCC2)n1. The van der Waals surface area contributed by atoms with Gasteiger partial charge in [0.1, 0.15) is 5.82 Å². The highest BCUT2D eigenvalue weighted by Crippen LogP contribution is 2.40. The molecule has 0 bridgehead atoms. The predicted molar refractivity (Wildman–Crippen MR) is 98.3 cm³/mol. The Balaban J connectivity index is 1.73. The van der Waals surface area contributed by atoms with Crippen molar-refractivity contribution in [2.75, 3.05) is 18.0 Å². The molecule has 0 N–H and O–H groups in total. The van der Waals surface area contributed by atoms with Crippen LogP contribution in [0.2, 0.25) is 0 Å². The van der Waals surface area contributed by atoms with Crippen LogP contribution in [0.5, 0.6) is 0 Å². The molecule has 128 valence electrons. The number of aromatic nitrogens is 3. The lowest BCUT2D eigenvalue weighted by molar-refractivity contribution is 0.418. The number of hydrogen-bond donors (Lipinski definition) is 0. The minimum atomic E-state index is 0.386. The van der Waals surface area contributed by atoms with Crippen LogP contribution in [-0.2, 0) is 7.05 Å². The molecule has 0 spiro atoms. The van der Waals surface area contributed by atoms with Crippen molar-refractivity contribution in [3.8, 4) is 11.3 Å². The van der Waals surface area contributed by atoms with Gasteiger partial charge in [0.2, 0.25) is 0 Å². The zero-order chi connectivity index (χ0) is 16.7.